The van der Waals surface area contributed by atoms with E-state index in [1.807, 2.05) is 6.08 Å². The lowest BCUT2D eigenvalue weighted by Crippen LogP contribution is -2.40. The lowest BCUT2D eigenvalue weighted by Gasteiger charge is -2.36. The molecular weight excluding hydrogens is 396 g/mol. The quantitative estimate of drug-likeness (QED) is 0.144. The third-order valence-corrected chi connectivity index (χ3v) is 10.8. The summed E-state index contributed by atoms with van der Waals surface area (Å²) in [4.78, 5) is 0. The Labute approximate surface area is 194 Å². The Morgan fingerprint density at radius 3 is 1.94 bits per heavy atom. The van der Waals surface area contributed by atoms with Gasteiger partial charge in [-0.3, -0.25) is 0 Å². The summed E-state index contributed by atoms with van der Waals surface area (Å²) in [6.07, 6.45) is 16.2. The van der Waals surface area contributed by atoms with Gasteiger partial charge in [-0.1, -0.05) is 96.9 Å². The van der Waals surface area contributed by atoms with Gasteiger partial charge in [-0.05, 0) is 54.3 Å². The van der Waals surface area contributed by atoms with E-state index in [-0.39, 0.29) is 5.04 Å². The zero-order chi connectivity index (χ0) is 23.0. The number of benzene rings is 1. The van der Waals surface area contributed by atoms with Crippen molar-refractivity contribution in [1.82, 2.24) is 0 Å². The van der Waals surface area contributed by atoms with Crippen molar-refractivity contribution < 1.29 is 9.16 Å². The summed E-state index contributed by atoms with van der Waals surface area (Å²) in [7, 11) is -1.69. The van der Waals surface area contributed by atoms with Gasteiger partial charge in [0.15, 0.2) is 8.32 Å². The van der Waals surface area contributed by atoms with E-state index in [4.69, 9.17) is 9.16 Å². The maximum absolute atomic E-state index is 6.30. The van der Waals surface area contributed by atoms with Gasteiger partial charge in [0, 0.05) is 0 Å². The first kappa shape index (κ1) is 27.9. The van der Waals surface area contributed by atoms with Crippen LogP contribution in [0.1, 0.15) is 96.6 Å². The Kier molecular flexibility index (Phi) is 14.1. The molecule has 0 saturated carbocycles. The summed E-state index contributed by atoms with van der Waals surface area (Å²) in [5.74, 6) is 0. The zero-order valence-electron chi connectivity index (χ0n) is 21.3. The normalized spacial score (nSPS) is 11.9. The van der Waals surface area contributed by atoms with Crippen LogP contribution in [0.4, 0.5) is 0 Å². The van der Waals surface area contributed by atoms with E-state index in [1.165, 1.54) is 62.5 Å². The maximum Gasteiger partial charge on any atom is 0.192 e. The summed E-state index contributed by atoms with van der Waals surface area (Å²) in [6, 6.07) is 8.61. The molecule has 0 radical (unpaired) electrons. The second-order valence-electron chi connectivity index (χ2n) is 10.2. The van der Waals surface area contributed by atoms with E-state index in [1.54, 1.807) is 0 Å². The second kappa shape index (κ2) is 15.6. The van der Waals surface area contributed by atoms with Crippen LogP contribution in [-0.4, -0.2) is 14.9 Å². The Morgan fingerprint density at radius 2 is 1.35 bits per heavy atom. The van der Waals surface area contributed by atoms with Gasteiger partial charge in [-0.15, -0.1) is 5.73 Å². The van der Waals surface area contributed by atoms with Crippen molar-refractivity contribution in [2.24, 2.45) is 0 Å². The molecular formula is C28H48O2Si. The van der Waals surface area contributed by atoms with E-state index in [2.05, 4.69) is 76.9 Å². The second-order valence-corrected chi connectivity index (χ2v) is 15.0. The molecule has 0 unspecified atom stereocenters. The van der Waals surface area contributed by atoms with Gasteiger partial charge in [-0.25, -0.2) is 0 Å². The van der Waals surface area contributed by atoms with Gasteiger partial charge in [-0.2, -0.15) is 0 Å². The van der Waals surface area contributed by atoms with Crippen molar-refractivity contribution >= 4 is 8.32 Å². The molecule has 1 aromatic rings. The number of rotatable bonds is 16. The highest BCUT2D eigenvalue weighted by Gasteiger charge is 2.36. The first-order chi connectivity index (χ1) is 14.8. The molecule has 0 aliphatic carbocycles. The molecule has 1 aromatic carbocycles. The zero-order valence-corrected chi connectivity index (χ0v) is 22.3. The molecule has 31 heavy (non-hydrogen) atoms. The lowest BCUT2D eigenvalue weighted by molar-refractivity contribution is 0.149. The highest BCUT2D eigenvalue weighted by molar-refractivity contribution is 6.74. The average molecular weight is 445 g/mol. The van der Waals surface area contributed by atoms with Gasteiger partial charge in [0.05, 0.1) is 19.8 Å². The molecule has 0 saturated heterocycles. The molecule has 0 aliphatic rings. The van der Waals surface area contributed by atoms with Gasteiger partial charge in [0.25, 0.3) is 0 Å². The molecule has 0 amide bonds. The SMILES string of the molecule is CCCCCCCCCCC=C=CCOCc1ccc(CO[Si](C)(C)C(C)(C)C)cc1. The van der Waals surface area contributed by atoms with Crippen molar-refractivity contribution in [3.8, 4) is 0 Å². The lowest BCUT2D eigenvalue weighted by atomic mass is 10.1. The van der Waals surface area contributed by atoms with Crippen LogP contribution in [0.3, 0.4) is 0 Å². The molecule has 0 aromatic heterocycles. The number of hydrogen-bond donors (Lipinski definition) is 0. The first-order valence-corrected chi connectivity index (χ1v) is 15.4. The summed E-state index contributed by atoms with van der Waals surface area (Å²) in [5, 5.41) is 0.247. The van der Waals surface area contributed by atoms with Crippen LogP contribution >= 0.6 is 0 Å². The summed E-state index contributed by atoms with van der Waals surface area (Å²) >= 11 is 0. The van der Waals surface area contributed by atoms with Crippen molar-refractivity contribution in [2.45, 2.75) is 117 Å². The van der Waals surface area contributed by atoms with Crippen LogP contribution in [0.15, 0.2) is 42.1 Å². The molecule has 0 spiro atoms. The third kappa shape index (κ3) is 13.1. The highest BCUT2D eigenvalue weighted by Crippen LogP contribution is 2.37. The Hall–Kier alpha value is -1.12. The van der Waals surface area contributed by atoms with Gasteiger partial charge >= 0.3 is 0 Å². The third-order valence-electron chi connectivity index (χ3n) is 6.34. The van der Waals surface area contributed by atoms with Crippen LogP contribution in [0, 0.1) is 0 Å². The number of unbranched alkanes of at least 4 members (excludes halogenated alkanes) is 8. The monoisotopic (exact) mass is 444 g/mol. The highest BCUT2D eigenvalue weighted by atomic mass is 28.4. The van der Waals surface area contributed by atoms with E-state index in [0.717, 1.165) is 6.42 Å². The fourth-order valence-electron chi connectivity index (χ4n) is 3.04. The number of hydrogen-bond acceptors (Lipinski definition) is 2. The molecule has 0 atom stereocenters. The van der Waals surface area contributed by atoms with Crippen LogP contribution in [0.2, 0.25) is 18.1 Å². The fraction of sp³-hybridized carbons (Fsp3) is 0.679. The predicted molar refractivity (Wildman–Crippen MR) is 138 cm³/mol. The summed E-state index contributed by atoms with van der Waals surface area (Å²) in [6.45, 7) is 15.7. The largest absolute Gasteiger partial charge is 0.413 e. The molecule has 2 nitrogen and oxygen atoms in total. The maximum atomic E-state index is 6.30. The molecule has 176 valence electrons. The Morgan fingerprint density at radius 1 is 0.806 bits per heavy atom. The van der Waals surface area contributed by atoms with Gasteiger partial charge in [0.2, 0.25) is 0 Å². The number of ether oxygens (including phenoxy) is 1. The van der Waals surface area contributed by atoms with Crippen molar-refractivity contribution in [2.75, 3.05) is 6.61 Å². The summed E-state index contributed by atoms with van der Waals surface area (Å²) in [5.41, 5.74) is 5.69. The molecule has 3 heteroatoms. The molecule has 0 fully saturated rings. The molecule has 0 heterocycles. The van der Waals surface area contributed by atoms with E-state index in [9.17, 15) is 0 Å². The van der Waals surface area contributed by atoms with E-state index >= 15 is 0 Å². The minimum atomic E-state index is -1.69. The van der Waals surface area contributed by atoms with Crippen molar-refractivity contribution in [3.05, 3.63) is 53.3 Å². The molecule has 1 rings (SSSR count). The minimum Gasteiger partial charge on any atom is -0.413 e. The van der Waals surface area contributed by atoms with Crippen LogP contribution in [0.25, 0.3) is 0 Å². The molecule has 0 N–H and O–H groups in total. The van der Waals surface area contributed by atoms with Crippen LogP contribution in [0.5, 0.6) is 0 Å². The summed E-state index contributed by atoms with van der Waals surface area (Å²) < 4.78 is 12.0. The van der Waals surface area contributed by atoms with Crippen LogP contribution in [-0.2, 0) is 22.4 Å². The van der Waals surface area contributed by atoms with E-state index in [0.29, 0.717) is 19.8 Å². The van der Waals surface area contributed by atoms with E-state index < -0.39 is 8.32 Å². The van der Waals surface area contributed by atoms with Gasteiger partial charge < -0.3 is 9.16 Å². The fourth-order valence-corrected chi connectivity index (χ4v) is 4.00. The minimum absolute atomic E-state index is 0.247. The van der Waals surface area contributed by atoms with Crippen molar-refractivity contribution in [3.63, 3.8) is 0 Å². The topological polar surface area (TPSA) is 18.5 Å². The standard InChI is InChI=1S/C28H48O2Si/c1-7-8-9-10-11-12-13-14-15-16-17-18-23-29-24-26-19-21-27(22-20-26)25-30-31(5,6)28(2,3)4/h16,18-22H,7-15,23-25H2,1-6H3. The first-order valence-electron chi connectivity index (χ1n) is 12.4. The molecule has 0 bridgehead atoms. The predicted octanol–water partition coefficient (Wildman–Crippen LogP) is 8.97. The smallest absolute Gasteiger partial charge is 0.192 e. The van der Waals surface area contributed by atoms with Crippen molar-refractivity contribution in [1.29, 1.82) is 0 Å². The Balaban J connectivity index is 2.13. The molecule has 0 aliphatic heterocycles. The van der Waals surface area contributed by atoms with Crippen LogP contribution < -0.4 is 0 Å². The van der Waals surface area contributed by atoms with Gasteiger partial charge in [0.1, 0.15) is 0 Å². The average Bonchev–Trinajstić information content (AvgIpc) is 2.72. The Bertz CT molecular complexity index is 634.